The van der Waals surface area contributed by atoms with Crippen LogP contribution in [-0.4, -0.2) is 12.5 Å². The minimum Gasteiger partial charge on any atom is -0.399 e. The van der Waals surface area contributed by atoms with Crippen LogP contribution < -0.4 is 10.6 Å². The molecule has 0 spiro atoms. The molecule has 2 atom stereocenters. The van der Waals surface area contributed by atoms with Gasteiger partial charge in [0.2, 0.25) is 5.91 Å². The van der Waals surface area contributed by atoms with Crippen LogP contribution in [0.25, 0.3) is 0 Å². The van der Waals surface area contributed by atoms with Crippen molar-refractivity contribution in [1.29, 1.82) is 0 Å². The van der Waals surface area contributed by atoms with Gasteiger partial charge in [0.05, 0.1) is 0 Å². The maximum Gasteiger partial charge on any atom is 0.230 e. The predicted molar refractivity (Wildman–Crippen MR) is 71.2 cm³/mol. The Hall–Kier alpha value is -1.51. The number of anilines is 2. The van der Waals surface area contributed by atoms with E-state index in [1.54, 1.807) is 0 Å². The number of carbonyl (C=O) groups excluding carboxylic acids is 1. The van der Waals surface area contributed by atoms with Crippen LogP contribution in [0, 0.1) is 17.8 Å². The highest BCUT2D eigenvalue weighted by atomic mass is 16.2. The van der Waals surface area contributed by atoms with Gasteiger partial charge in [0, 0.05) is 23.8 Å². The number of nitrogens with two attached hydrogens (primary N) is 1. The summed E-state index contributed by atoms with van der Waals surface area (Å²) in [4.78, 5) is 14.6. The number of amides is 1. The van der Waals surface area contributed by atoms with Crippen molar-refractivity contribution < 1.29 is 4.79 Å². The molecule has 0 saturated heterocycles. The molecule has 0 aromatic heterocycles. The fourth-order valence-corrected chi connectivity index (χ4v) is 3.99. The summed E-state index contributed by atoms with van der Waals surface area (Å²) >= 11 is 0. The number of fused-ring (bicyclic) bond motifs is 2. The standard InChI is InChI=1S/C15H18N2O/c16-10-5-4-9-6-7-17(13(9)8-10)15(18)14-11-2-1-3-12(11)14/h4-5,8,11-12,14H,1-3,6-7,16H2. The van der Waals surface area contributed by atoms with Crippen LogP contribution in [0.1, 0.15) is 24.8 Å². The Kier molecular flexibility index (Phi) is 2.02. The van der Waals surface area contributed by atoms with E-state index in [1.165, 1.54) is 24.8 Å². The predicted octanol–water partition coefficient (Wildman–Crippen LogP) is 2.20. The van der Waals surface area contributed by atoms with Crippen molar-refractivity contribution in [3.8, 4) is 0 Å². The van der Waals surface area contributed by atoms with Crippen molar-refractivity contribution in [2.75, 3.05) is 17.2 Å². The van der Waals surface area contributed by atoms with E-state index in [-0.39, 0.29) is 0 Å². The molecule has 2 unspecified atom stereocenters. The first-order chi connectivity index (χ1) is 8.75. The van der Waals surface area contributed by atoms with Crippen LogP contribution in [-0.2, 0) is 11.2 Å². The molecule has 1 heterocycles. The summed E-state index contributed by atoms with van der Waals surface area (Å²) in [6.45, 7) is 0.841. The van der Waals surface area contributed by atoms with Gasteiger partial charge in [-0.15, -0.1) is 0 Å². The third-order valence-electron chi connectivity index (χ3n) is 4.96. The summed E-state index contributed by atoms with van der Waals surface area (Å²) in [6, 6.07) is 5.95. The molecule has 1 aromatic rings. The monoisotopic (exact) mass is 242 g/mol. The molecular formula is C15H18N2O. The smallest absolute Gasteiger partial charge is 0.230 e. The molecular weight excluding hydrogens is 224 g/mol. The number of hydrogen-bond acceptors (Lipinski definition) is 2. The van der Waals surface area contributed by atoms with E-state index in [2.05, 4.69) is 6.07 Å². The summed E-state index contributed by atoms with van der Waals surface area (Å²) < 4.78 is 0. The Balaban J connectivity index is 1.61. The third kappa shape index (κ3) is 1.33. The summed E-state index contributed by atoms with van der Waals surface area (Å²) in [5.74, 6) is 2.07. The van der Waals surface area contributed by atoms with Crippen LogP contribution in [0.2, 0.25) is 0 Å². The topological polar surface area (TPSA) is 46.3 Å². The SMILES string of the molecule is Nc1ccc2c(c1)N(C(=O)C1C3CCCC31)CC2. The molecule has 1 aliphatic heterocycles. The molecule has 0 bridgehead atoms. The number of nitrogens with zero attached hydrogens (tertiary/aromatic N) is 1. The summed E-state index contributed by atoms with van der Waals surface area (Å²) in [6.07, 6.45) is 4.82. The van der Waals surface area contributed by atoms with Crippen molar-refractivity contribution >= 4 is 17.3 Å². The molecule has 0 radical (unpaired) electrons. The molecule has 2 aliphatic carbocycles. The Bertz CT molecular complexity index is 515. The van der Waals surface area contributed by atoms with Crippen LogP contribution >= 0.6 is 0 Å². The normalized spacial score (nSPS) is 32.2. The minimum atomic E-state index is 0.325. The molecule has 18 heavy (non-hydrogen) atoms. The first kappa shape index (κ1) is 10.4. The van der Waals surface area contributed by atoms with Gasteiger partial charge in [-0.2, -0.15) is 0 Å². The van der Waals surface area contributed by atoms with Gasteiger partial charge in [-0.3, -0.25) is 4.79 Å². The number of carbonyl (C=O) groups is 1. The van der Waals surface area contributed by atoms with E-state index in [0.717, 1.165) is 24.3 Å². The summed E-state index contributed by atoms with van der Waals surface area (Å²) in [5, 5.41) is 0. The summed E-state index contributed by atoms with van der Waals surface area (Å²) in [7, 11) is 0. The van der Waals surface area contributed by atoms with Gasteiger partial charge >= 0.3 is 0 Å². The van der Waals surface area contributed by atoms with E-state index in [9.17, 15) is 4.79 Å². The second kappa shape index (κ2) is 3.50. The molecule has 3 heteroatoms. The van der Waals surface area contributed by atoms with Gasteiger partial charge in [-0.25, -0.2) is 0 Å². The van der Waals surface area contributed by atoms with Crippen molar-refractivity contribution in [3.05, 3.63) is 23.8 Å². The zero-order chi connectivity index (χ0) is 12.3. The number of rotatable bonds is 1. The molecule has 1 aromatic carbocycles. The largest absolute Gasteiger partial charge is 0.399 e. The van der Waals surface area contributed by atoms with Crippen LogP contribution in [0.3, 0.4) is 0 Å². The number of benzene rings is 1. The van der Waals surface area contributed by atoms with E-state index >= 15 is 0 Å². The number of nitrogen functional groups attached to an aromatic ring is 1. The molecule has 1 amide bonds. The Morgan fingerprint density at radius 2 is 2.06 bits per heavy atom. The van der Waals surface area contributed by atoms with Crippen molar-refractivity contribution in [2.24, 2.45) is 17.8 Å². The molecule has 2 saturated carbocycles. The van der Waals surface area contributed by atoms with Gasteiger partial charge in [0.25, 0.3) is 0 Å². The first-order valence-electron chi connectivity index (χ1n) is 6.95. The zero-order valence-electron chi connectivity index (χ0n) is 10.4. The van der Waals surface area contributed by atoms with Crippen LogP contribution in [0.15, 0.2) is 18.2 Å². The van der Waals surface area contributed by atoms with E-state index in [4.69, 9.17) is 5.73 Å². The summed E-state index contributed by atoms with van der Waals surface area (Å²) in [5.41, 5.74) is 8.92. The Morgan fingerprint density at radius 3 is 2.83 bits per heavy atom. The quantitative estimate of drug-likeness (QED) is 0.767. The highest BCUT2D eigenvalue weighted by molar-refractivity contribution is 5.99. The molecule has 3 aliphatic rings. The Labute approximate surface area is 107 Å². The second-order valence-electron chi connectivity index (χ2n) is 5.91. The zero-order valence-corrected chi connectivity index (χ0v) is 10.4. The molecule has 2 N–H and O–H groups in total. The van der Waals surface area contributed by atoms with Crippen molar-refractivity contribution in [3.63, 3.8) is 0 Å². The first-order valence-corrected chi connectivity index (χ1v) is 6.95. The van der Waals surface area contributed by atoms with Gasteiger partial charge in [-0.05, 0) is 48.8 Å². The fraction of sp³-hybridized carbons (Fsp3) is 0.533. The fourth-order valence-electron chi connectivity index (χ4n) is 3.99. The second-order valence-corrected chi connectivity index (χ2v) is 5.91. The van der Waals surface area contributed by atoms with Crippen molar-refractivity contribution in [1.82, 2.24) is 0 Å². The Morgan fingerprint density at radius 1 is 1.28 bits per heavy atom. The maximum absolute atomic E-state index is 12.6. The van der Waals surface area contributed by atoms with Gasteiger partial charge < -0.3 is 10.6 Å². The van der Waals surface area contributed by atoms with E-state index < -0.39 is 0 Å². The van der Waals surface area contributed by atoms with Crippen LogP contribution in [0.5, 0.6) is 0 Å². The van der Waals surface area contributed by atoms with E-state index in [0.29, 0.717) is 23.7 Å². The number of hydrogen-bond donors (Lipinski definition) is 1. The molecule has 3 nitrogen and oxygen atoms in total. The average molecular weight is 242 g/mol. The lowest BCUT2D eigenvalue weighted by Crippen LogP contribution is -2.31. The average Bonchev–Trinajstić information content (AvgIpc) is 2.77. The third-order valence-corrected chi connectivity index (χ3v) is 4.96. The molecule has 4 rings (SSSR count). The molecule has 2 fully saturated rings. The minimum absolute atomic E-state index is 0.325. The highest BCUT2D eigenvalue weighted by Gasteiger charge is 2.57. The lowest BCUT2D eigenvalue weighted by Gasteiger charge is -2.18. The maximum atomic E-state index is 12.6. The van der Waals surface area contributed by atoms with Gasteiger partial charge in [0.1, 0.15) is 0 Å². The highest BCUT2D eigenvalue weighted by Crippen LogP contribution is 2.58. The van der Waals surface area contributed by atoms with Crippen molar-refractivity contribution in [2.45, 2.75) is 25.7 Å². The lowest BCUT2D eigenvalue weighted by atomic mass is 10.1. The lowest BCUT2D eigenvalue weighted by molar-refractivity contribution is -0.120. The van der Waals surface area contributed by atoms with Gasteiger partial charge in [0.15, 0.2) is 0 Å². The van der Waals surface area contributed by atoms with Gasteiger partial charge in [-0.1, -0.05) is 12.5 Å². The molecule has 94 valence electrons. The van der Waals surface area contributed by atoms with E-state index in [1.807, 2.05) is 17.0 Å². The van der Waals surface area contributed by atoms with Crippen LogP contribution in [0.4, 0.5) is 11.4 Å².